The van der Waals surface area contributed by atoms with Crippen LogP contribution in [0.3, 0.4) is 0 Å². The summed E-state index contributed by atoms with van der Waals surface area (Å²) in [5.41, 5.74) is 10.9. The Bertz CT molecular complexity index is 1240. The standard InChI is InChI=1S/C24H18Br2N2OS2.BrH/c1-15-3-2-12-28(13-15)21-20(27)23(22(29)17-6-10-19(26)11-7-17)31-24(21)30-14-16-4-8-18(25)9-5-16;/h2-13H,14H2,1H3,(H-,27,29);1H. The van der Waals surface area contributed by atoms with E-state index in [1.54, 1.807) is 11.8 Å². The lowest BCUT2D eigenvalue weighted by Gasteiger charge is -2.02. The molecule has 164 valence electrons. The highest BCUT2D eigenvalue weighted by Crippen LogP contribution is 2.41. The highest BCUT2D eigenvalue weighted by atomic mass is 79.9. The minimum atomic E-state index is -0.0556. The van der Waals surface area contributed by atoms with E-state index in [0.717, 1.165) is 30.2 Å². The molecule has 32 heavy (non-hydrogen) atoms. The van der Waals surface area contributed by atoms with E-state index in [2.05, 4.69) is 44.0 Å². The first-order valence-corrected chi connectivity index (χ1v) is 12.9. The van der Waals surface area contributed by atoms with Gasteiger partial charge in [-0.1, -0.05) is 44.0 Å². The molecule has 2 aromatic heterocycles. The molecular formula is C24H19Br3N2OS2. The predicted molar refractivity (Wildman–Crippen MR) is 136 cm³/mol. The zero-order chi connectivity index (χ0) is 22.0. The van der Waals surface area contributed by atoms with E-state index in [1.807, 2.05) is 72.4 Å². The number of nitrogens with two attached hydrogens (primary N) is 1. The molecule has 4 rings (SSSR count). The molecule has 3 nitrogen and oxygen atoms in total. The maximum Gasteiger partial charge on any atom is 0.259 e. The van der Waals surface area contributed by atoms with Crippen molar-refractivity contribution in [1.82, 2.24) is 0 Å². The minimum absolute atomic E-state index is 0. The second kappa shape index (κ2) is 11.1. The molecule has 8 heteroatoms. The maximum atomic E-state index is 13.2. The molecule has 0 aliphatic rings. The van der Waals surface area contributed by atoms with E-state index in [-0.39, 0.29) is 22.8 Å². The molecule has 0 atom stereocenters. The highest BCUT2D eigenvalue weighted by molar-refractivity contribution is 9.10. The van der Waals surface area contributed by atoms with E-state index in [1.165, 1.54) is 16.9 Å². The molecule has 0 unspecified atom stereocenters. The largest absolute Gasteiger partial charge is 1.00 e. The first kappa shape index (κ1) is 25.2. The van der Waals surface area contributed by atoms with Crippen LogP contribution in [-0.4, -0.2) is 5.78 Å². The number of hydrogen-bond donors (Lipinski definition) is 1. The van der Waals surface area contributed by atoms with Gasteiger partial charge in [0, 0.05) is 31.9 Å². The number of thiophene rings is 1. The van der Waals surface area contributed by atoms with Gasteiger partial charge in [-0.3, -0.25) is 4.79 Å². The second-order valence-electron chi connectivity index (χ2n) is 7.02. The number of nitrogens with zero attached hydrogens (tertiary/aromatic N) is 1. The van der Waals surface area contributed by atoms with Gasteiger partial charge in [0.2, 0.25) is 5.78 Å². The van der Waals surface area contributed by atoms with Crippen molar-refractivity contribution in [3.05, 3.63) is 104 Å². The van der Waals surface area contributed by atoms with Crippen LogP contribution >= 0.6 is 55.0 Å². The third-order valence-electron chi connectivity index (χ3n) is 4.69. The Balaban J connectivity index is 0.00000289. The number of hydrogen-bond acceptors (Lipinski definition) is 4. The number of carbonyl (C=O) groups is 1. The monoisotopic (exact) mass is 652 g/mol. The van der Waals surface area contributed by atoms with Crippen molar-refractivity contribution in [2.45, 2.75) is 16.9 Å². The smallest absolute Gasteiger partial charge is 0.259 e. The molecule has 2 heterocycles. The number of halogens is 3. The summed E-state index contributed by atoms with van der Waals surface area (Å²) in [6, 6.07) is 19.7. The van der Waals surface area contributed by atoms with Crippen molar-refractivity contribution in [2.24, 2.45) is 0 Å². The van der Waals surface area contributed by atoms with Crippen molar-refractivity contribution in [2.75, 3.05) is 5.73 Å². The van der Waals surface area contributed by atoms with Gasteiger partial charge in [0.1, 0.15) is 14.8 Å². The Kier molecular flexibility index (Phi) is 8.75. The lowest BCUT2D eigenvalue weighted by molar-refractivity contribution is -0.597. The third kappa shape index (κ3) is 5.72. The molecule has 0 amide bonds. The number of aryl methyl sites for hydroxylation is 1. The fourth-order valence-corrected chi connectivity index (χ4v) is 6.07. The molecule has 0 spiro atoms. The number of carbonyl (C=O) groups excluding carboxylic acids is 1. The Labute approximate surface area is 223 Å². The van der Waals surface area contributed by atoms with Gasteiger partial charge >= 0.3 is 0 Å². The van der Waals surface area contributed by atoms with Crippen molar-refractivity contribution in [1.29, 1.82) is 0 Å². The molecule has 0 aliphatic heterocycles. The summed E-state index contributed by atoms with van der Waals surface area (Å²) < 4.78 is 5.03. The first-order valence-electron chi connectivity index (χ1n) is 9.50. The Hall–Kier alpha value is -1.45. The molecular weight excluding hydrogens is 636 g/mol. The number of anilines is 1. The number of nitrogen functional groups attached to an aromatic ring is 1. The Morgan fingerprint density at radius 3 is 2.28 bits per heavy atom. The van der Waals surface area contributed by atoms with Gasteiger partial charge in [-0.05, 0) is 55.0 Å². The number of rotatable bonds is 6. The molecule has 0 aliphatic carbocycles. The van der Waals surface area contributed by atoms with Crippen molar-refractivity contribution >= 4 is 66.4 Å². The lowest BCUT2D eigenvalue weighted by atomic mass is 10.1. The van der Waals surface area contributed by atoms with E-state index in [9.17, 15) is 4.79 Å². The molecule has 0 fully saturated rings. The Morgan fingerprint density at radius 2 is 1.66 bits per heavy atom. The molecule has 0 radical (unpaired) electrons. The number of aromatic nitrogens is 1. The maximum absolute atomic E-state index is 13.2. The van der Waals surface area contributed by atoms with Gasteiger partial charge in [0.25, 0.3) is 5.69 Å². The molecule has 2 aromatic carbocycles. The number of pyridine rings is 1. The van der Waals surface area contributed by atoms with Crippen LogP contribution in [0.4, 0.5) is 5.69 Å². The van der Waals surface area contributed by atoms with Crippen molar-refractivity contribution < 1.29 is 26.3 Å². The third-order valence-corrected chi connectivity index (χ3v) is 8.27. The van der Waals surface area contributed by atoms with Gasteiger partial charge < -0.3 is 22.7 Å². The number of thioether (sulfide) groups is 1. The van der Waals surface area contributed by atoms with Crippen molar-refractivity contribution in [3.8, 4) is 5.69 Å². The highest BCUT2D eigenvalue weighted by Gasteiger charge is 2.28. The van der Waals surface area contributed by atoms with Gasteiger partial charge in [-0.15, -0.1) is 23.1 Å². The predicted octanol–water partition coefficient (Wildman–Crippen LogP) is 3.97. The number of ketones is 1. The minimum Gasteiger partial charge on any atom is -1.00 e. The zero-order valence-corrected chi connectivity index (χ0v) is 23.4. The fraction of sp³-hybridized carbons (Fsp3) is 0.0833. The zero-order valence-electron chi connectivity index (χ0n) is 17.0. The first-order chi connectivity index (χ1) is 14.9. The summed E-state index contributed by atoms with van der Waals surface area (Å²) in [6.07, 6.45) is 4.01. The molecule has 4 aromatic rings. The molecule has 0 bridgehead atoms. The normalized spacial score (nSPS) is 10.6. The molecule has 0 saturated carbocycles. The van der Waals surface area contributed by atoms with Crippen molar-refractivity contribution in [3.63, 3.8) is 0 Å². The van der Waals surface area contributed by atoms with Crippen LogP contribution in [0, 0.1) is 6.92 Å². The average molecular weight is 655 g/mol. The summed E-state index contributed by atoms with van der Waals surface area (Å²) in [5.74, 6) is 0.735. The SMILES string of the molecule is Cc1ccc[n+](-c2c(SCc3ccc(Br)cc3)sc(C(=O)c3ccc(Br)cc3)c2N)c1.[Br-]. The summed E-state index contributed by atoms with van der Waals surface area (Å²) in [5, 5.41) is 0. The number of benzene rings is 2. The van der Waals surface area contributed by atoms with Crippen LogP contribution in [0.5, 0.6) is 0 Å². The van der Waals surface area contributed by atoms with Crippen LogP contribution in [-0.2, 0) is 5.75 Å². The lowest BCUT2D eigenvalue weighted by Crippen LogP contribution is -3.00. The van der Waals surface area contributed by atoms with E-state index < -0.39 is 0 Å². The molecule has 0 saturated heterocycles. The van der Waals surface area contributed by atoms with Gasteiger partial charge in [0.05, 0.1) is 0 Å². The summed E-state index contributed by atoms with van der Waals surface area (Å²) >= 11 is 10.1. The van der Waals surface area contributed by atoms with E-state index >= 15 is 0 Å². The van der Waals surface area contributed by atoms with Gasteiger partial charge in [0.15, 0.2) is 12.4 Å². The molecule has 2 N–H and O–H groups in total. The summed E-state index contributed by atoms with van der Waals surface area (Å²) in [4.78, 5) is 13.8. The topological polar surface area (TPSA) is 47.0 Å². The van der Waals surface area contributed by atoms with Crippen LogP contribution < -0.4 is 27.3 Å². The fourth-order valence-electron chi connectivity index (χ4n) is 3.12. The van der Waals surface area contributed by atoms with Crippen LogP contribution in [0.15, 0.2) is 86.2 Å². The van der Waals surface area contributed by atoms with Gasteiger partial charge in [-0.25, -0.2) is 0 Å². The summed E-state index contributed by atoms with van der Waals surface area (Å²) in [6.45, 7) is 2.04. The van der Waals surface area contributed by atoms with Crippen LogP contribution in [0.2, 0.25) is 0 Å². The average Bonchev–Trinajstić information content (AvgIpc) is 3.09. The van der Waals surface area contributed by atoms with Gasteiger partial charge in [-0.2, -0.15) is 4.57 Å². The van der Waals surface area contributed by atoms with E-state index in [4.69, 9.17) is 5.73 Å². The van der Waals surface area contributed by atoms with Crippen LogP contribution in [0.1, 0.15) is 26.4 Å². The quantitative estimate of drug-likeness (QED) is 0.195. The second-order valence-corrected chi connectivity index (χ2v) is 11.1. The van der Waals surface area contributed by atoms with E-state index in [0.29, 0.717) is 16.1 Å². The summed E-state index contributed by atoms with van der Waals surface area (Å²) in [7, 11) is 0. The van der Waals surface area contributed by atoms with Crippen LogP contribution in [0.25, 0.3) is 5.69 Å². The Morgan fingerprint density at radius 1 is 1.03 bits per heavy atom.